The predicted octanol–water partition coefficient (Wildman–Crippen LogP) is 3.39. The van der Waals surface area contributed by atoms with E-state index in [1.165, 1.54) is 4.88 Å². The van der Waals surface area contributed by atoms with Crippen molar-refractivity contribution < 1.29 is 9.90 Å². The summed E-state index contributed by atoms with van der Waals surface area (Å²) in [4.78, 5) is 15.9. The van der Waals surface area contributed by atoms with E-state index in [1.807, 2.05) is 47.5 Å². The number of aliphatic hydroxyl groups is 1. The molecule has 116 valence electrons. The summed E-state index contributed by atoms with van der Waals surface area (Å²) in [6.07, 6.45) is 0.924. The van der Waals surface area contributed by atoms with Crippen molar-refractivity contribution in [2.24, 2.45) is 5.92 Å². The normalized spacial score (nSPS) is 19.4. The Labute approximate surface area is 135 Å². The van der Waals surface area contributed by atoms with Crippen molar-refractivity contribution in [1.82, 2.24) is 4.90 Å². The van der Waals surface area contributed by atoms with E-state index in [9.17, 15) is 9.90 Å². The first kappa shape index (κ1) is 15.3. The van der Waals surface area contributed by atoms with Crippen LogP contribution in [0.2, 0.25) is 0 Å². The summed E-state index contributed by atoms with van der Waals surface area (Å²) in [6, 6.07) is 12.0. The van der Waals surface area contributed by atoms with Crippen LogP contribution in [-0.2, 0) is 17.8 Å². The van der Waals surface area contributed by atoms with Gasteiger partial charge in [0.1, 0.15) is 0 Å². The highest BCUT2D eigenvalue weighted by molar-refractivity contribution is 7.09. The third kappa shape index (κ3) is 3.23. The van der Waals surface area contributed by atoms with Crippen LogP contribution < -0.4 is 0 Å². The number of rotatable bonds is 3. The Morgan fingerprint density at radius 1 is 1.36 bits per heavy atom. The molecule has 1 amide bonds. The molecule has 1 aliphatic heterocycles. The summed E-state index contributed by atoms with van der Waals surface area (Å²) in [5.41, 5.74) is 2.02. The fraction of sp³-hybridized carbons (Fsp3) is 0.389. The quantitative estimate of drug-likeness (QED) is 0.943. The summed E-state index contributed by atoms with van der Waals surface area (Å²) < 4.78 is 0. The molecule has 0 aliphatic carbocycles. The van der Waals surface area contributed by atoms with Crippen LogP contribution in [0.4, 0.5) is 0 Å². The first-order valence-corrected chi connectivity index (χ1v) is 8.60. The molecule has 0 unspecified atom stereocenters. The van der Waals surface area contributed by atoms with Crippen molar-refractivity contribution in [3.8, 4) is 0 Å². The SMILES string of the molecule is C[C@@H](Cc1cccs1)C(=O)N1CC[C@@H](O)c2ccccc2C1. The highest BCUT2D eigenvalue weighted by atomic mass is 32.1. The second-order valence-corrected chi connectivity index (χ2v) is 6.98. The molecule has 4 heteroatoms. The van der Waals surface area contributed by atoms with Gasteiger partial charge in [-0.05, 0) is 35.4 Å². The maximum atomic E-state index is 12.7. The fourth-order valence-corrected chi connectivity index (χ4v) is 3.87. The second kappa shape index (κ2) is 6.63. The molecular weight excluding hydrogens is 294 g/mol. The van der Waals surface area contributed by atoms with Crippen LogP contribution in [0, 0.1) is 5.92 Å². The Morgan fingerprint density at radius 2 is 2.18 bits per heavy atom. The van der Waals surface area contributed by atoms with Crippen LogP contribution in [0.3, 0.4) is 0 Å². The highest BCUT2D eigenvalue weighted by Gasteiger charge is 2.26. The molecule has 0 bridgehead atoms. The van der Waals surface area contributed by atoms with Gasteiger partial charge in [0.05, 0.1) is 6.10 Å². The Hall–Kier alpha value is -1.65. The number of nitrogens with zero attached hydrogens (tertiary/aromatic N) is 1. The minimum Gasteiger partial charge on any atom is -0.388 e. The van der Waals surface area contributed by atoms with Gasteiger partial charge in [0.2, 0.25) is 5.91 Å². The Balaban J connectivity index is 1.73. The van der Waals surface area contributed by atoms with Crippen LogP contribution in [0.15, 0.2) is 41.8 Å². The number of carbonyl (C=O) groups excluding carboxylic acids is 1. The number of amides is 1. The number of benzene rings is 1. The van der Waals surface area contributed by atoms with Gasteiger partial charge in [-0.1, -0.05) is 37.3 Å². The van der Waals surface area contributed by atoms with Crippen molar-refractivity contribution in [3.05, 3.63) is 57.8 Å². The fourth-order valence-electron chi connectivity index (χ4n) is 3.04. The first-order valence-electron chi connectivity index (χ1n) is 7.72. The summed E-state index contributed by atoms with van der Waals surface area (Å²) in [5.74, 6) is 0.151. The van der Waals surface area contributed by atoms with Crippen LogP contribution in [-0.4, -0.2) is 22.5 Å². The summed E-state index contributed by atoms with van der Waals surface area (Å²) in [7, 11) is 0. The Morgan fingerprint density at radius 3 is 2.95 bits per heavy atom. The van der Waals surface area contributed by atoms with Crippen molar-refractivity contribution in [3.63, 3.8) is 0 Å². The van der Waals surface area contributed by atoms with Gasteiger partial charge in [-0.3, -0.25) is 4.79 Å². The molecule has 1 N–H and O–H groups in total. The first-order chi connectivity index (χ1) is 10.6. The van der Waals surface area contributed by atoms with Crippen molar-refractivity contribution in [2.45, 2.75) is 32.4 Å². The van der Waals surface area contributed by atoms with E-state index < -0.39 is 6.10 Å². The van der Waals surface area contributed by atoms with Gasteiger partial charge in [0.25, 0.3) is 0 Å². The molecule has 1 aromatic carbocycles. The lowest BCUT2D eigenvalue weighted by molar-refractivity contribution is -0.135. The van der Waals surface area contributed by atoms with Gasteiger partial charge < -0.3 is 10.0 Å². The van der Waals surface area contributed by atoms with Gasteiger partial charge in [-0.2, -0.15) is 0 Å². The molecule has 2 aromatic rings. The third-order valence-electron chi connectivity index (χ3n) is 4.27. The van der Waals surface area contributed by atoms with E-state index >= 15 is 0 Å². The molecular formula is C18H21NO2S. The topological polar surface area (TPSA) is 40.5 Å². The molecule has 2 heterocycles. The van der Waals surface area contributed by atoms with Crippen molar-refractivity contribution in [1.29, 1.82) is 0 Å². The maximum Gasteiger partial charge on any atom is 0.226 e. The van der Waals surface area contributed by atoms with Crippen molar-refractivity contribution >= 4 is 17.2 Å². The van der Waals surface area contributed by atoms with E-state index in [0.29, 0.717) is 19.5 Å². The van der Waals surface area contributed by atoms with Crippen LogP contribution in [0.25, 0.3) is 0 Å². The van der Waals surface area contributed by atoms with E-state index in [-0.39, 0.29) is 11.8 Å². The van der Waals surface area contributed by atoms with Gasteiger partial charge in [-0.15, -0.1) is 11.3 Å². The Bertz CT molecular complexity index is 638. The average Bonchev–Trinajstić information content (AvgIpc) is 2.97. The number of hydrogen-bond acceptors (Lipinski definition) is 3. The van der Waals surface area contributed by atoms with Gasteiger partial charge in [0, 0.05) is 23.9 Å². The zero-order chi connectivity index (χ0) is 15.5. The number of fused-ring (bicyclic) bond motifs is 1. The average molecular weight is 315 g/mol. The van der Waals surface area contributed by atoms with Gasteiger partial charge >= 0.3 is 0 Å². The number of aliphatic hydroxyl groups excluding tert-OH is 1. The summed E-state index contributed by atoms with van der Waals surface area (Å²) in [6.45, 7) is 3.21. The standard InChI is InChI=1S/C18H21NO2S/c1-13(11-15-6-4-10-22-15)18(21)19-9-8-17(20)16-7-3-2-5-14(16)12-19/h2-7,10,13,17,20H,8-9,11-12H2,1H3/t13-,17+/m0/s1. The zero-order valence-corrected chi connectivity index (χ0v) is 13.6. The lowest BCUT2D eigenvalue weighted by atomic mass is 10.0. The van der Waals surface area contributed by atoms with E-state index in [1.54, 1.807) is 11.3 Å². The lowest BCUT2D eigenvalue weighted by Crippen LogP contribution is -2.35. The molecule has 0 radical (unpaired) electrons. The molecule has 0 saturated heterocycles. The predicted molar refractivity (Wildman–Crippen MR) is 88.6 cm³/mol. The summed E-state index contributed by atoms with van der Waals surface area (Å²) >= 11 is 1.70. The largest absolute Gasteiger partial charge is 0.388 e. The molecule has 0 spiro atoms. The summed E-state index contributed by atoms with van der Waals surface area (Å²) in [5, 5.41) is 12.3. The molecule has 0 saturated carbocycles. The molecule has 22 heavy (non-hydrogen) atoms. The Kier molecular flexibility index (Phi) is 4.60. The molecule has 2 atom stereocenters. The van der Waals surface area contributed by atoms with Crippen LogP contribution >= 0.6 is 11.3 Å². The molecule has 3 nitrogen and oxygen atoms in total. The number of hydrogen-bond donors (Lipinski definition) is 1. The van der Waals surface area contributed by atoms with Gasteiger partial charge in [0.15, 0.2) is 0 Å². The van der Waals surface area contributed by atoms with Gasteiger partial charge in [-0.25, -0.2) is 0 Å². The van der Waals surface area contributed by atoms with Crippen LogP contribution in [0.5, 0.6) is 0 Å². The zero-order valence-electron chi connectivity index (χ0n) is 12.7. The number of carbonyl (C=O) groups is 1. The monoisotopic (exact) mass is 315 g/mol. The van der Waals surface area contributed by atoms with E-state index in [2.05, 4.69) is 6.07 Å². The second-order valence-electron chi connectivity index (χ2n) is 5.95. The van der Waals surface area contributed by atoms with E-state index in [0.717, 1.165) is 17.5 Å². The van der Waals surface area contributed by atoms with Crippen LogP contribution in [0.1, 0.15) is 35.5 Å². The molecule has 1 aromatic heterocycles. The van der Waals surface area contributed by atoms with Crippen molar-refractivity contribution in [2.75, 3.05) is 6.54 Å². The minimum absolute atomic E-state index is 0.0268. The third-order valence-corrected chi connectivity index (χ3v) is 5.17. The molecule has 3 rings (SSSR count). The minimum atomic E-state index is -0.471. The maximum absolute atomic E-state index is 12.7. The number of thiophene rings is 1. The lowest BCUT2D eigenvalue weighted by Gasteiger charge is -2.24. The molecule has 1 aliphatic rings. The van der Waals surface area contributed by atoms with E-state index in [4.69, 9.17) is 0 Å². The molecule has 0 fully saturated rings. The highest BCUT2D eigenvalue weighted by Crippen LogP contribution is 2.27. The smallest absolute Gasteiger partial charge is 0.226 e.